The van der Waals surface area contributed by atoms with Crippen LogP contribution in [0.2, 0.25) is 0 Å². The average molecular weight is 600 g/mol. The van der Waals surface area contributed by atoms with Crippen LogP contribution in [0.1, 0.15) is 36.1 Å². The fourth-order valence-electron chi connectivity index (χ4n) is 4.68. The number of rotatable bonds is 21. The Balaban J connectivity index is 1.45. The second kappa shape index (κ2) is 19.3. The highest BCUT2D eigenvalue weighted by molar-refractivity contribution is 5.84. The quantitative estimate of drug-likeness (QED) is 0.0971. The first-order valence-corrected chi connectivity index (χ1v) is 14.5. The third-order valence-corrected chi connectivity index (χ3v) is 6.86. The lowest BCUT2D eigenvalue weighted by Crippen LogP contribution is -2.37. The summed E-state index contributed by atoms with van der Waals surface area (Å²) in [5.41, 5.74) is 11.1. The largest absolute Gasteiger partial charge is 0.497 e. The lowest BCUT2D eigenvalue weighted by molar-refractivity contribution is -0.145. The van der Waals surface area contributed by atoms with Gasteiger partial charge in [0, 0.05) is 42.5 Å². The lowest BCUT2D eigenvalue weighted by Gasteiger charge is -2.24. The van der Waals surface area contributed by atoms with E-state index in [9.17, 15) is 14.7 Å². The van der Waals surface area contributed by atoms with Gasteiger partial charge in [0.25, 0.3) is 0 Å². The number of amides is 1. The molecule has 0 saturated carbocycles. The van der Waals surface area contributed by atoms with E-state index in [0.717, 1.165) is 47.6 Å². The summed E-state index contributed by atoms with van der Waals surface area (Å²) in [6.07, 6.45) is 4.48. The van der Waals surface area contributed by atoms with Crippen molar-refractivity contribution in [2.24, 2.45) is 11.0 Å². The summed E-state index contributed by atoms with van der Waals surface area (Å²) in [6.45, 7) is 3.66. The number of hydrogen-bond donors (Lipinski definition) is 1. The molecule has 0 spiro atoms. The van der Waals surface area contributed by atoms with E-state index in [1.54, 1.807) is 18.2 Å². The van der Waals surface area contributed by atoms with E-state index in [0.29, 0.717) is 65.8 Å². The molecule has 0 unspecified atom stereocenters. The van der Waals surface area contributed by atoms with Crippen LogP contribution in [0.25, 0.3) is 10.4 Å². The van der Waals surface area contributed by atoms with E-state index >= 15 is 0 Å². The molecule has 1 aliphatic rings. The Hall–Kier alpha value is -3.90. The molecule has 43 heavy (non-hydrogen) atoms. The Morgan fingerprint density at radius 2 is 1.79 bits per heavy atom. The van der Waals surface area contributed by atoms with Gasteiger partial charge in [0.05, 0.1) is 65.7 Å². The Bertz CT molecular complexity index is 1210. The fourth-order valence-corrected chi connectivity index (χ4v) is 4.68. The van der Waals surface area contributed by atoms with Gasteiger partial charge in [0.1, 0.15) is 11.5 Å². The second-order valence-corrected chi connectivity index (χ2v) is 9.97. The zero-order chi connectivity index (χ0) is 30.7. The van der Waals surface area contributed by atoms with Crippen LogP contribution in [0.3, 0.4) is 0 Å². The monoisotopic (exact) mass is 599 g/mol. The number of nitrogens with zero attached hydrogens (tertiary/aromatic N) is 5. The van der Waals surface area contributed by atoms with Gasteiger partial charge < -0.3 is 33.7 Å². The Morgan fingerprint density at radius 1 is 1.02 bits per heavy atom. The molecule has 1 atom stereocenters. The molecule has 0 radical (unpaired) electrons. The van der Waals surface area contributed by atoms with E-state index in [1.165, 1.54) is 0 Å². The van der Waals surface area contributed by atoms with Crippen LogP contribution in [-0.4, -0.2) is 93.3 Å². The van der Waals surface area contributed by atoms with Crippen LogP contribution in [0.4, 0.5) is 0 Å². The fraction of sp³-hybridized carbons (Fsp3) is 0.567. The van der Waals surface area contributed by atoms with Gasteiger partial charge in [-0.3, -0.25) is 14.6 Å². The molecule has 13 heteroatoms. The lowest BCUT2D eigenvalue weighted by atomic mass is 9.94. The van der Waals surface area contributed by atoms with Crippen molar-refractivity contribution in [3.8, 4) is 11.5 Å². The second-order valence-electron chi connectivity index (χ2n) is 9.97. The number of azide groups is 1. The van der Waals surface area contributed by atoms with Gasteiger partial charge in [-0.05, 0) is 60.5 Å². The highest BCUT2D eigenvalue weighted by atomic mass is 16.5. The van der Waals surface area contributed by atoms with Crippen molar-refractivity contribution in [3.63, 3.8) is 0 Å². The number of methoxy groups -OCH3 is 1. The van der Waals surface area contributed by atoms with Gasteiger partial charge in [0.2, 0.25) is 5.91 Å². The molecule has 1 aromatic heterocycles. The van der Waals surface area contributed by atoms with Crippen LogP contribution in [-0.2, 0) is 43.2 Å². The maximum Gasteiger partial charge on any atom is 0.304 e. The molecule has 2 heterocycles. The number of ether oxygens (including phenoxy) is 5. The minimum Gasteiger partial charge on any atom is -0.497 e. The highest BCUT2D eigenvalue weighted by Crippen LogP contribution is 2.28. The number of aliphatic carboxylic acids is 1. The Morgan fingerprint density at radius 3 is 2.53 bits per heavy atom. The third-order valence-electron chi connectivity index (χ3n) is 6.86. The number of carboxylic acids is 1. The number of fused-ring (bicyclic) bond motifs is 1. The maximum absolute atomic E-state index is 13.3. The molecule has 1 aromatic carbocycles. The number of carbonyl (C=O) groups is 2. The van der Waals surface area contributed by atoms with Crippen molar-refractivity contribution in [3.05, 3.63) is 63.8 Å². The molecule has 0 fully saturated rings. The summed E-state index contributed by atoms with van der Waals surface area (Å²) in [4.78, 5) is 33.5. The zero-order valence-corrected chi connectivity index (χ0v) is 24.7. The van der Waals surface area contributed by atoms with Gasteiger partial charge in [-0.15, -0.1) is 0 Å². The van der Waals surface area contributed by atoms with E-state index in [4.69, 9.17) is 29.2 Å². The Labute approximate surface area is 251 Å². The standard InChI is InChI=1S/C30H41N5O8/c1-39-27-7-8-32-26(21-27)4-2-3-11-43-28-6-5-23-18-24(20-29(36)37)30(38)35(22-25(23)19-28)10-13-41-15-17-42-16-14-40-12-9-33-34-31/h5-8,19,21,24H,2-4,9-18,20,22H2,1H3,(H,36,37)/t24-/m0/s1. The SMILES string of the molecule is COc1ccnc(CCCCOc2ccc3c(c2)CN(CCOCCOCCOCCN=[N+]=[N-])C(=O)[C@H](CC(=O)O)C3)c1. The number of benzene rings is 1. The van der Waals surface area contributed by atoms with Gasteiger partial charge >= 0.3 is 5.97 Å². The molecule has 3 rings (SSSR count). The molecule has 1 amide bonds. The zero-order valence-electron chi connectivity index (χ0n) is 24.7. The highest BCUT2D eigenvalue weighted by Gasteiger charge is 2.31. The van der Waals surface area contributed by atoms with Crippen LogP contribution < -0.4 is 9.47 Å². The molecule has 13 nitrogen and oxygen atoms in total. The predicted octanol–water partition coefficient (Wildman–Crippen LogP) is 3.83. The van der Waals surface area contributed by atoms with Crippen molar-refractivity contribution in [2.75, 3.05) is 66.4 Å². The maximum atomic E-state index is 13.3. The topological polar surface area (TPSA) is 165 Å². The summed E-state index contributed by atoms with van der Waals surface area (Å²) in [5, 5.41) is 12.8. The molecule has 1 aliphatic heterocycles. The number of aryl methyl sites for hydroxylation is 1. The first kappa shape index (κ1) is 33.6. The number of hydrogen-bond acceptors (Lipinski definition) is 9. The molecule has 2 aromatic rings. The number of unbranched alkanes of at least 4 members (excludes halogenated alkanes) is 1. The number of pyridine rings is 1. The minimum absolute atomic E-state index is 0.190. The first-order valence-electron chi connectivity index (χ1n) is 14.5. The smallest absolute Gasteiger partial charge is 0.304 e. The molecule has 1 N–H and O–H groups in total. The molecule has 0 aliphatic carbocycles. The molecule has 0 bridgehead atoms. The van der Waals surface area contributed by atoms with Gasteiger partial charge in [-0.2, -0.15) is 0 Å². The first-order chi connectivity index (χ1) is 21.0. The summed E-state index contributed by atoms with van der Waals surface area (Å²) in [5.74, 6) is -0.315. The van der Waals surface area contributed by atoms with Crippen molar-refractivity contribution in [1.29, 1.82) is 0 Å². The number of aromatic nitrogens is 1. The number of carbonyl (C=O) groups excluding carboxylic acids is 1. The molecular formula is C30H41N5O8. The van der Waals surface area contributed by atoms with Gasteiger partial charge in [-0.25, -0.2) is 0 Å². The van der Waals surface area contributed by atoms with Crippen molar-refractivity contribution in [1.82, 2.24) is 9.88 Å². The molecule has 234 valence electrons. The normalized spacial score (nSPS) is 14.5. The summed E-state index contributed by atoms with van der Waals surface area (Å²) in [7, 11) is 1.64. The summed E-state index contributed by atoms with van der Waals surface area (Å²) < 4.78 is 27.7. The van der Waals surface area contributed by atoms with Gasteiger partial charge in [0.15, 0.2) is 0 Å². The van der Waals surface area contributed by atoms with Crippen LogP contribution in [0.15, 0.2) is 41.6 Å². The van der Waals surface area contributed by atoms with Crippen LogP contribution >= 0.6 is 0 Å². The van der Waals surface area contributed by atoms with Gasteiger partial charge in [-0.1, -0.05) is 11.2 Å². The molecule has 0 saturated heterocycles. The minimum atomic E-state index is -0.999. The van der Waals surface area contributed by atoms with Crippen molar-refractivity contribution in [2.45, 2.75) is 38.6 Å². The molecular weight excluding hydrogens is 558 g/mol. The van der Waals surface area contributed by atoms with E-state index < -0.39 is 11.9 Å². The van der Waals surface area contributed by atoms with Crippen molar-refractivity contribution >= 4 is 11.9 Å². The van der Waals surface area contributed by atoms with Crippen molar-refractivity contribution < 1.29 is 38.4 Å². The summed E-state index contributed by atoms with van der Waals surface area (Å²) >= 11 is 0. The summed E-state index contributed by atoms with van der Waals surface area (Å²) in [6, 6.07) is 9.53. The van der Waals surface area contributed by atoms with E-state index in [-0.39, 0.29) is 18.9 Å². The van der Waals surface area contributed by atoms with Crippen LogP contribution in [0, 0.1) is 5.92 Å². The van der Waals surface area contributed by atoms with E-state index in [2.05, 4.69) is 15.0 Å². The number of carboxylic acid groups (broad SMARTS) is 1. The third kappa shape index (κ3) is 12.5. The predicted molar refractivity (Wildman–Crippen MR) is 157 cm³/mol. The average Bonchev–Trinajstić information content (AvgIpc) is 3.13. The Kier molecular flexibility index (Phi) is 15.1. The van der Waals surface area contributed by atoms with Crippen LogP contribution in [0.5, 0.6) is 11.5 Å². The van der Waals surface area contributed by atoms with E-state index in [1.807, 2.05) is 30.3 Å².